The minimum absolute atomic E-state index is 0.0398. The number of rotatable bonds is 7. The zero-order chi connectivity index (χ0) is 25.1. The highest BCUT2D eigenvalue weighted by atomic mass is 16.6. The molecule has 4 nitrogen and oxygen atoms in total. The summed E-state index contributed by atoms with van der Waals surface area (Å²) in [5.74, 6) is 1.95. The van der Waals surface area contributed by atoms with Crippen molar-refractivity contribution in [1.82, 2.24) is 0 Å². The summed E-state index contributed by atoms with van der Waals surface area (Å²) in [5, 5.41) is 10.6. The lowest BCUT2D eigenvalue weighted by Gasteiger charge is -2.24. The van der Waals surface area contributed by atoms with Crippen LogP contribution < -0.4 is 5.73 Å². The molecular weight excluding hydrogens is 446 g/mol. The van der Waals surface area contributed by atoms with E-state index in [4.69, 9.17) is 10.5 Å². The van der Waals surface area contributed by atoms with E-state index in [0.29, 0.717) is 30.1 Å². The van der Waals surface area contributed by atoms with Gasteiger partial charge in [0, 0.05) is 23.9 Å². The minimum atomic E-state index is -0.260. The zero-order valence-electron chi connectivity index (χ0n) is 21.8. The Hall–Kier alpha value is -2.01. The molecule has 1 saturated heterocycles. The van der Waals surface area contributed by atoms with Crippen LogP contribution in [0.3, 0.4) is 0 Å². The smallest absolute Gasteiger partial charge is 0.165 e. The topological polar surface area (TPSA) is 75.8 Å². The molecule has 1 aliphatic heterocycles. The third kappa shape index (κ3) is 5.93. The summed E-state index contributed by atoms with van der Waals surface area (Å²) in [6.45, 7) is 3.52. The van der Waals surface area contributed by atoms with Crippen molar-refractivity contribution in [3.63, 3.8) is 0 Å². The van der Waals surface area contributed by atoms with Crippen molar-refractivity contribution in [2.45, 2.75) is 95.3 Å². The summed E-state index contributed by atoms with van der Waals surface area (Å²) < 4.78 is 5.56. The van der Waals surface area contributed by atoms with Crippen LogP contribution in [0, 0.1) is 17.8 Å². The van der Waals surface area contributed by atoms with Crippen molar-refractivity contribution in [1.29, 1.82) is 0 Å². The van der Waals surface area contributed by atoms with Gasteiger partial charge in [-0.3, -0.25) is 4.79 Å². The van der Waals surface area contributed by atoms with Crippen molar-refractivity contribution in [2.75, 3.05) is 6.61 Å². The monoisotopic (exact) mass is 489 g/mol. The van der Waals surface area contributed by atoms with Gasteiger partial charge in [-0.2, -0.15) is 0 Å². The second-order valence-electron chi connectivity index (χ2n) is 11.7. The fraction of sp³-hybridized carbons (Fsp3) is 0.594. The van der Waals surface area contributed by atoms with Gasteiger partial charge in [0.25, 0.3) is 0 Å². The fourth-order valence-corrected chi connectivity index (χ4v) is 6.96. The predicted molar refractivity (Wildman–Crippen MR) is 144 cm³/mol. The van der Waals surface area contributed by atoms with Crippen LogP contribution in [0.4, 0.5) is 0 Å². The Morgan fingerprint density at radius 2 is 1.69 bits per heavy atom. The molecule has 2 aromatic carbocycles. The van der Waals surface area contributed by atoms with E-state index in [2.05, 4.69) is 49.4 Å². The van der Waals surface area contributed by atoms with Crippen LogP contribution in [-0.4, -0.2) is 29.7 Å². The van der Waals surface area contributed by atoms with Crippen LogP contribution in [0.2, 0.25) is 0 Å². The van der Waals surface area contributed by atoms with Gasteiger partial charge in [-0.15, -0.1) is 0 Å². The van der Waals surface area contributed by atoms with Gasteiger partial charge in [-0.25, -0.2) is 0 Å². The van der Waals surface area contributed by atoms with E-state index in [-0.39, 0.29) is 24.0 Å². The molecule has 0 amide bonds. The molecule has 3 fully saturated rings. The largest absolute Gasteiger partial charge is 0.393 e. The first-order valence-corrected chi connectivity index (χ1v) is 14.3. The average Bonchev–Trinajstić information content (AvgIpc) is 3.77. The molecule has 1 heterocycles. The van der Waals surface area contributed by atoms with Crippen molar-refractivity contribution in [2.24, 2.45) is 23.5 Å². The Morgan fingerprint density at radius 1 is 0.972 bits per heavy atom. The van der Waals surface area contributed by atoms with Crippen molar-refractivity contribution in [3.8, 4) is 0 Å². The van der Waals surface area contributed by atoms with E-state index < -0.39 is 0 Å². The van der Waals surface area contributed by atoms with E-state index in [1.165, 1.54) is 29.5 Å². The number of Topliss-reactive ketones (excluding diaryl/α,β-unsaturated/α-hetero) is 1. The highest BCUT2D eigenvalue weighted by molar-refractivity contribution is 5.98. The number of hydrogen-bond acceptors (Lipinski definition) is 4. The van der Waals surface area contributed by atoms with Crippen LogP contribution >= 0.6 is 0 Å². The lowest BCUT2D eigenvalue weighted by Crippen LogP contribution is -2.25. The molecule has 4 heteroatoms. The molecule has 3 N–H and O–H groups in total. The van der Waals surface area contributed by atoms with E-state index in [9.17, 15) is 9.90 Å². The highest BCUT2D eigenvalue weighted by Crippen LogP contribution is 2.41. The van der Waals surface area contributed by atoms with Gasteiger partial charge in [0.1, 0.15) is 0 Å². The number of nitrogens with two attached hydrogens (primary N) is 1. The van der Waals surface area contributed by atoms with Crippen LogP contribution in [0.1, 0.15) is 104 Å². The molecule has 2 saturated carbocycles. The van der Waals surface area contributed by atoms with Crippen LogP contribution in [-0.2, 0) is 11.3 Å². The van der Waals surface area contributed by atoms with Gasteiger partial charge in [-0.05, 0) is 85.5 Å². The Labute approximate surface area is 216 Å². The van der Waals surface area contributed by atoms with E-state index in [0.717, 1.165) is 57.1 Å². The first kappa shape index (κ1) is 25.6. The molecule has 2 aliphatic carbocycles. The summed E-state index contributed by atoms with van der Waals surface area (Å²) in [7, 11) is 0. The maximum absolute atomic E-state index is 13.7. The third-order valence-electron chi connectivity index (χ3n) is 9.37. The number of ketones is 1. The summed E-state index contributed by atoms with van der Waals surface area (Å²) >= 11 is 0. The molecule has 194 valence electrons. The Balaban J connectivity index is 1.24. The molecule has 7 unspecified atom stereocenters. The predicted octanol–water partition coefficient (Wildman–Crippen LogP) is 6.36. The number of carbonyl (C=O) groups is 1. The number of aliphatic hydroxyl groups excluding tert-OH is 1. The van der Waals surface area contributed by atoms with Gasteiger partial charge < -0.3 is 15.6 Å². The van der Waals surface area contributed by atoms with Crippen molar-refractivity contribution in [3.05, 3.63) is 70.8 Å². The van der Waals surface area contributed by atoms with Crippen LogP contribution in [0.25, 0.3) is 0 Å². The average molecular weight is 490 g/mol. The normalized spacial score (nSPS) is 31.8. The summed E-state index contributed by atoms with van der Waals surface area (Å²) in [5.41, 5.74) is 10.6. The molecule has 3 aliphatic rings. The Morgan fingerprint density at radius 3 is 2.47 bits per heavy atom. The van der Waals surface area contributed by atoms with Gasteiger partial charge in [-0.1, -0.05) is 62.2 Å². The summed E-state index contributed by atoms with van der Waals surface area (Å²) in [4.78, 5) is 13.7. The molecule has 2 aromatic rings. The lowest BCUT2D eigenvalue weighted by molar-refractivity contribution is 0.0814. The SMILES string of the molecule is CC(C(=O)c1cccc(C2CCCC(O)C(C3CO3)C2)c1)C1CCCC(c2cccc(CN)c2)CC1. The van der Waals surface area contributed by atoms with Crippen LogP contribution in [0.5, 0.6) is 0 Å². The van der Waals surface area contributed by atoms with Gasteiger partial charge in [0.05, 0.1) is 18.8 Å². The van der Waals surface area contributed by atoms with E-state index in [1.54, 1.807) is 0 Å². The maximum Gasteiger partial charge on any atom is 0.165 e. The molecule has 0 bridgehead atoms. The number of carbonyl (C=O) groups excluding carboxylic acids is 1. The van der Waals surface area contributed by atoms with Crippen LogP contribution in [0.15, 0.2) is 48.5 Å². The molecule has 36 heavy (non-hydrogen) atoms. The summed E-state index contributed by atoms with van der Waals surface area (Å²) in [6.07, 6.45) is 9.62. The van der Waals surface area contributed by atoms with Crippen molar-refractivity contribution < 1.29 is 14.6 Å². The van der Waals surface area contributed by atoms with Gasteiger partial charge >= 0.3 is 0 Å². The second kappa shape index (κ2) is 11.6. The standard InChI is InChI=1S/C32H43NO3/c1-21(23-7-3-8-24(15-14-23)25-9-2-6-22(16-25)19-33)32(35)28-12-4-10-26(17-28)27-11-5-13-30(34)29(18-27)31-20-36-31/h2,4,6,9-10,12,16-17,21,23-24,27,29-31,34H,3,5,7-8,11,13-15,18-20,33H2,1H3. The number of benzene rings is 2. The quantitative estimate of drug-likeness (QED) is 0.269. The minimum Gasteiger partial charge on any atom is -0.393 e. The molecule has 0 radical (unpaired) electrons. The highest BCUT2D eigenvalue weighted by Gasteiger charge is 2.40. The van der Waals surface area contributed by atoms with E-state index >= 15 is 0 Å². The van der Waals surface area contributed by atoms with Gasteiger partial charge in [0.2, 0.25) is 0 Å². The zero-order valence-corrected chi connectivity index (χ0v) is 21.8. The lowest BCUT2D eigenvalue weighted by atomic mass is 9.80. The number of hydrogen-bond donors (Lipinski definition) is 2. The molecule has 0 aromatic heterocycles. The summed E-state index contributed by atoms with van der Waals surface area (Å²) in [6, 6.07) is 17.2. The fourth-order valence-electron chi connectivity index (χ4n) is 6.96. The Bertz CT molecular complexity index is 1030. The molecule has 0 spiro atoms. The number of aliphatic hydroxyl groups is 1. The van der Waals surface area contributed by atoms with Crippen molar-refractivity contribution >= 4 is 5.78 Å². The second-order valence-corrected chi connectivity index (χ2v) is 11.7. The molecular formula is C32H43NO3. The van der Waals surface area contributed by atoms with Gasteiger partial charge in [0.15, 0.2) is 5.78 Å². The first-order chi connectivity index (χ1) is 17.5. The number of ether oxygens (including phenoxy) is 1. The number of epoxide rings is 1. The Kier molecular flexibility index (Phi) is 8.25. The molecule has 7 atom stereocenters. The first-order valence-electron chi connectivity index (χ1n) is 14.3. The van der Waals surface area contributed by atoms with E-state index in [1.807, 2.05) is 6.07 Å². The third-order valence-corrected chi connectivity index (χ3v) is 9.37. The molecule has 5 rings (SSSR count). The maximum atomic E-state index is 13.7.